The van der Waals surface area contributed by atoms with Gasteiger partial charge in [-0.2, -0.15) is 0 Å². The van der Waals surface area contributed by atoms with E-state index in [0.717, 1.165) is 17.0 Å². The fourth-order valence-corrected chi connectivity index (χ4v) is 1.59. The fourth-order valence-electron chi connectivity index (χ4n) is 1.59. The average Bonchev–Trinajstić information content (AvgIpc) is 2.97. The first-order valence-corrected chi connectivity index (χ1v) is 5.01. The van der Waals surface area contributed by atoms with Crippen LogP contribution >= 0.6 is 0 Å². The second kappa shape index (κ2) is 3.08. The molecule has 0 bridgehead atoms. The molecule has 1 saturated carbocycles. The maximum absolute atomic E-state index is 5.61. The third-order valence-corrected chi connectivity index (χ3v) is 2.58. The summed E-state index contributed by atoms with van der Waals surface area (Å²) in [6, 6.07) is 5.67. The van der Waals surface area contributed by atoms with Crippen LogP contribution in [0.2, 0.25) is 0 Å². The molecule has 15 heavy (non-hydrogen) atoms. The van der Waals surface area contributed by atoms with Crippen molar-refractivity contribution in [2.75, 3.05) is 5.73 Å². The summed E-state index contributed by atoms with van der Waals surface area (Å²) in [6.45, 7) is 0. The molecule has 0 radical (unpaired) electrons. The van der Waals surface area contributed by atoms with Gasteiger partial charge in [0.05, 0.1) is 0 Å². The van der Waals surface area contributed by atoms with Crippen molar-refractivity contribution in [3.05, 3.63) is 30.2 Å². The number of anilines is 1. The predicted molar refractivity (Wildman–Crippen MR) is 56.1 cm³/mol. The Labute approximate surface area is 87.1 Å². The first-order chi connectivity index (χ1) is 7.33. The highest BCUT2D eigenvalue weighted by molar-refractivity contribution is 5.61. The van der Waals surface area contributed by atoms with Crippen LogP contribution in [0.25, 0.3) is 11.3 Å². The zero-order chi connectivity index (χ0) is 10.3. The molecule has 4 heteroatoms. The maximum Gasteiger partial charge on any atom is 0.140 e. The van der Waals surface area contributed by atoms with Crippen LogP contribution in [-0.2, 0) is 0 Å². The van der Waals surface area contributed by atoms with Crippen molar-refractivity contribution in [1.82, 2.24) is 10.1 Å². The van der Waals surface area contributed by atoms with Crippen LogP contribution in [0.5, 0.6) is 0 Å². The zero-order valence-corrected chi connectivity index (χ0v) is 8.18. The molecule has 1 aliphatic rings. The second-order valence-electron chi connectivity index (χ2n) is 3.86. The van der Waals surface area contributed by atoms with E-state index in [1.54, 1.807) is 12.3 Å². The van der Waals surface area contributed by atoms with Crippen LogP contribution in [0, 0.1) is 0 Å². The van der Waals surface area contributed by atoms with Gasteiger partial charge < -0.3 is 10.3 Å². The molecule has 76 valence electrons. The third kappa shape index (κ3) is 1.58. The van der Waals surface area contributed by atoms with E-state index in [1.165, 1.54) is 12.8 Å². The van der Waals surface area contributed by atoms with Crippen molar-refractivity contribution < 1.29 is 4.52 Å². The summed E-state index contributed by atoms with van der Waals surface area (Å²) >= 11 is 0. The van der Waals surface area contributed by atoms with Gasteiger partial charge in [0.1, 0.15) is 17.3 Å². The molecule has 2 N–H and O–H groups in total. The largest absolute Gasteiger partial charge is 0.384 e. The summed E-state index contributed by atoms with van der Waals surface area (Å²) in [5.74, 6) is 2.08. The van der Waals surface area contributed by atoms with Crippen molar-refractivity contribution in [3.63, 3.8) is 0 Å². The molecule has 1 aliphatic carbocycles. The SMILES string of the molecule is Nc1cc(-c2cc(C3CC3)on2)ccn1. The summed E-state index contributed by atoms with van der Waals surface area (Å²) in [4.78, 5) is 3.94. The lowest BCUT2D eigenvalue weighted by molar-refractivity contribution is 0.386. The zero-order valence-electron chi connectivity index (χ0n) is 8.18. The van der Waals surface area contributed by atoms with Gasteiger partial charge in [0.2, 0.25) is 0 Å². The molecular formula is C11H11N3O. The van der Waals surface area contributed by atoms with Gasteiger partial charge in [-0.15, -0.1) is 0 Å². The average molecular weight is 201 g/mol. The van der Waals surface area contributed by atoms with Crippen LogP contribution in [0.1, 0.15) is 24.5 Å². The van der Waals surface area contributed by atoms with Crippen molar-refractivity contribution >= 4 is 5.82 Å². The first-order valence-electron chi connectivity index (χ1n) is 5.01. The van der Waals surface area contributed by atoms with Crippen LogP contribution in [0.3, 0.4) is 0 Å². The Hall–Kier alpha value is -1.84. The molecule has 2 heterocycles. The molecule has 0 atom stereocenters. The Kier molecular flexibility index (Phi) is 1.74. The van der Waals surface area contributed by atoms with Crippen molar-refractivity contribution in [2.24, 2.45) is 0 Å². The molecule has 0 amide bonds. The molecule has 4 nitrogen and oxygen atoms in total. The predicted octanol–water partition coefficient (Wildman–Crippen LogP) is 2.20. The summed E-state index contributed by atoms with van der Waals surface area (Å²) in [7, 11) is 0. The minimum absolute atomic E-state index is 0.503. The van der Waals surface area contributed by atoms with E-state index in [0.29, 0.717) is 11.7 Å². The maximum atomic E-state index is 5.61. The van der Waals surface area contributed by atoms with E-state index in [-0.39, 0.29) is 0 Å². The van der Waals surface area contributed by atoms with Crippen molar-refractivity contribution in [1.29, 1.82) is 0 Å². The smallest absolute Gasteiger partial charge is 0.140 e. The summed E-state index contributed by atoms with van der Waals surface area (Å²) in [5.41, 5.74) is 7.40. The van der Waals surface area contributed by atoms with Gasteiger partial charge in [-0.25, -0.2) is 4.98 Å². The quantitative estimate of drug-likeness (QED) is 0.808. The van der Waals surface area contributed by atoms with E-state index < -0.39 is 0 Å². The van der Waals surface area contributed by atoms with Gasteiger partial charge in [-0.3, -0.25) is 0 Å². The Balaban J connectivity index is 1.97. The van der Waals surface area contributed by atoms with Crippen molar-refractivity contribution in [2.45, 2.75) is 18.8 Å². The highest BCUT2D eigenvalue weighted by atomic mass is 16.5. The van der Waals surface area contributed by atoms with Gasteiger partial charge in [0.15, 0.2) is 0 Å². The van der Waals surface area contributed by atoms with E-state index in [4.69, 9.17) is 10.3 Å². The summed E-state index contributed by atoms with van der Waals surface area (Å²) < 4.78 is 5.27. The topological polar surface area (TPSA) is 64.9 Å². The second-order valence-corrected chi connectivity index (χ2v) is 3.86. The molecule has 0 spiro atoms. The highest BCUT2D eigenvalue weighted by Crippen LogP contribution is 2.41. The number of nitrogens with two attached hydrogens (primary N) is 1. The standard InChI is InChI=1S/C11H11N3O/c12-11-5-8(3-4-13-11)9-6-10(15-14-9)7-1-2-7/h3-7H,1-2H2,(H2,12,13). The molecule has 2 aromatic heterocycles. The number of nitrogens with zero attached hydrogens (tertiary/aromatic N) is 2. The Bertz CT molecular complexity index is 488. The first kappa shape index (κ1) is 8.47. The van der Waals surface area contributed by atoms with E-state index in [2.05, 4.69) is 10.1 Å². The number of aromatic nitrogens is 2. The number of pyridine rings is 1. The number of rotatable bonds is 2. The van der Waals surface area contributed by atoms with Gasteiger partial charge in [0.25, 0.3) is 0 Å². The van der Waals surface area contributed by atoms with Gasteiger partial charge in [-0.1, -0.05) is 5.16 Å². The molecule has 2 aromatic rings. The minimum Gasteiger partial charge on any atom is -0.384 e. The molecule has 0 unspecified atom stereocenters. The summed E-state index contributed by atoms with van der Waals surface area (Å²) in [6.07, 6.45) is 4.11. The monoisotopic (exact) mass is 201 g/mol. The van der Waals surface area contributed by atoms with Crippen molar-refractivity contribution in [3.8, 4) is 11.3 Å². The number of nitrogen functional groups attached to an aromatic ring is 1. The molecule has 0 aliphatic heterocycles. The summed E-state index contributed by atoms with van der Waals surface area (Å²) in [5, 5.41) is 4.03. The van der Waals surface area contributed by atoms with E-state index in [9.17, 15) is 0 Å². The van der Waals surface area contributed by atoms with Crippen LogP contribution < -0.4 is 5.73 Å². The number of hydrogen-bond acceptors (Lipinski definition) is 4. The van der Waals surface area contributed by atoms with Crippen LogP contribution in [-0.4, -0.2) is 10.1 Å². The number of hydrogen-bond donors (Lipinski definition) is 1. The Morgan fingerprint density at radius 3 is 2.93 bits per heavy atom. The molecule has 3 rings (SSSR count). The minimum atomic E-state index is 0.503. The lowest BCUT2D eigenvalue weighted by Gasteiger charge is -1.95. The van der Waals surface area contributed by atoms with Crippen LogP contribution in [0.4, 0.5) is 5.82 Å². The van der Waals surface area contributed by atoms with Gasteiger partial charge in [0, 0.05) is 23.7 Å². The normalized spacial score (nSPS) is 15.5. The fraction of sp³-hybridized carbons (Fsp3) is 0.273. The molecule has 0 aromatic carbocycles. The van der Waals surface area contributed by atoms with E-state index in [1.807, 2.05) is 12.1 Å². The molecule has 0 saturated heterocycles. The van der Waals surface area contributed by atoms with E-state index >= 15 is 0 Å². The molecule has 1 fully saturated rings. The Morgan fingerprint density at radius 1 is 1.33 bits per heavy atom. The van der Waals surface area contributed by atoms with Gasteiger partial charge in [-0.05, 0) is 25.0 Å². The lowest BCUT2D eigenvalue weighted by atomic mass is 10.1. The molecular weight excluding hydrogens is 190 g/mol. The Morgan fingerprint density at radius 2 is 2.20 bits per heavy atom. The van der Waals surface area contributed by atoms with Gasteiger partial charge >= 0.3 is 0 Å². The third-order valence-electron chi connectivity index (χ3n) is 2.58. The van der Waals surface area contributed by atoms with Crippen LogP contribution in [0.15, 0.2) is 28.9 Å². The highest BCUT2D eigenvalue weighted by Gasteiger charge is 2.27. The lowest BCUT2D eigenvalue weighted by Crippen LogP contribution is -1.89.